The van der Waals surface area contributed by atoms with Gasteiger partial charge in [-0.3, -0.25) is 9.20 Å². The van der Waals surface area contributed by atoms with Crippen LogP contribution in [0.3, 0.4) is 0 Å². The summed E-state index contributed by atoms with van der Waals surface area (Å²) in [4.78, 5) is 17.7. The highest BCUT2D eigenvalue weighted by atomic mass is 32.1. The molecule has 1 saturated carbocycles. The molecule has 2 unspecified atom stereocenters. The highest BCUT2D eigenvalue weighted by molar-refractivity contribution is 7.15. The van der Waals surface area contributed by atoms with E-state index in [1.807, 2.05) is 22.2 Å². The van der Waals surface area contributed by atoms with Gasteiger partial charge in [0.15, 0.2) is 4.96 Å². The maximum absolute atomic E-state index is 12.3. The van der Waals surface area contributed by atoms with Crippen molar-refractivity contribution in [2.75, 3.05) is 0 Å². The Morgan fingerprint density at radius 2 is 2.44 bits per heavy atom. The summed E-state index contributed by atoms with van der Waals surface area (Å²) in [6, 6.07) is 0. The molecule has 2 aromatic rings. The lowest BCUT2D eigenvalue weighted by atomic mass is 9.79. The molecule has 4 heteroatoms. The van der Waals surface area contributed by atoms with E-state index in [0.717, 1.165) is 23.5 Å². The summed E-state index contributed by atoms with van der Waals surface area (Å²) in [5.41, 5.74) is 0.921. The molecule has 0 aromatic carbocycles. The van der Waals surface area contributed by atoms with Crippen molar-refractivity contribution in [3.63, 3.8) is 0 Å². The molecule has 3 rings (SSSR count). The fourth-order valence-corrected chi connectivity index (χ4v) is 3.63. The zero-order valence-corrected chi connectivity index (χ0v) is 11.4. The van der Waals surface area contributed by atoms with E-state index in [9.17, 15) is 4.79 Å². The maximum Gasteiger partial charge on any atom is 0.193 e. The van der Waals surface area contributed by atoms with Crippen LogP contribution in [0.2, 0.25) is 0 Å². The first-order valence-corrected chi connectivity index (χ1v) is 7.54. The van der Waals surface area contributed by atoms with Crippen molar-refractivity contribution < 1.29 is 4.79 Å². The monoisotopic (exact) mass is 262 g/mol. The third-order valence-corrected chi connectivity index (χ3v) is 4.66. The number of rotatable bonds is 3. The van der Waals surface area contributed by atoms with Crippen LogP contribution in [0.1, 0.15) is 38.3 Å². The van der Waals surface area contributed by atoms with Gasteiger partial charge in [-0.1, -0.05) is 19.8 Å². The van der Waals surface area contributed by atoms with E-state index in [2.05, 4.69) is 11.9 Å². The van der Waals surface area contributed by atoms with E-state index >= 15 is 0 Å². The summed E-state index contributed by atoms with van der Waals surface area (Å²) >= 11 is 1.61. The zero-order valence-electron chi connectivity index (χ0n) is 10.6. The van der Waals surface area contributed by atoms with Crippen molar-refractivity contribution in [1.29, 1.82) is 0 Å². The lowest BCUT2D eigenvalue weighted by Crippen LogP contribution is -2.23. The van der Waals surface area contributed by atoms with Gasteiger partial charge in [-0.2, -0.15) is 0 Å². The lowest BCUT2D eigenvalue weighted by molar-refractivity contribution is -0.123. The summed E-state index contributed by atoms with van der Waals surface area (Å²) in [5, 5.41) is 2.01. The average Bonchev–Trinajstić information content (AvgIpc) is 2.89. The van der Waals surface area contributed by atoms with Crippen LogP contribution in [0, 0.1) is 11.8 Å². The molecular formula is C14H18N2OS. The molecule has 96 valence electrons. The second kappa shape index (κ2) is 4.84. The largest absolute Gasteiger partial charge is 0.299 e. The summed E-state index contributed by atoms with van der Waals surface area (Å²) < 4.78 is 2.00. The summed E-state index contributed by atoms with van der Waals surface area (Å²) in [6.07, 6.45) is 9.11. The minimum Gasteiger partial charge on any atom is -0.299 e. The number of aromatic nitrogens is 2. The number of ketones is 1. The van der Waals surface area contributed by atoms with Gasteiger partial charge in [0.1, 0.15) is 5.78 Å². The van der Waals surface area contributed by atoms with Crippen LogP contribution < -0.4 is 0 Å². The van der Waals surface area contributed by atoms with Gasteiger partial charge in [0.25, 0.3) is 0 Å². The Balaban J connectivity index is 1.68. The average molecular weight is 262 g/mol. The SMILES string of the molecule is CC1CCCC(C(=O)Cc2cn3ccsc3n2)C1. The number of hydrogen-bond acceptors (Lipinski definition) is 3. The molecule has 0 bridgehead atoms. The summed E-state index contributed by atoms with van der Waals surface area (Å²) in [5.74, 6) is 1.36. The number of fused-ring (bicyclic) bond motifs is 1. The first-order chi connectivity index (χ1) is 8.72. The minimum atomic E-state index is 0.272. The number of nitrogens with zero attached hydrogens (tertiary/aromatic N) is 2. The van der Waals surface area contributed by atoms with Crippen LogP contribution in [-0.4, -0.2) is 15.2 Å². The number of hydrogen-bond donors (Lipinski definition) is 0. The molecular weight excluding hydrogens is 244 g/mol. The maximum atomic E-state index is 12.3. The van der Waals surface area contributed by atoms with E-state index in [1.54, 1.807) is 11.3 Å². The first-order valence-electron chi connectivity index (χ1n) is 6.66. The van der Waals surface area contributed by atoms with Crippen LogP contribution in [0.5, 0.6) is 0 Å². The van der Waals surface area contributed by atoms with Crippen molar-refractivity contribution in [3.8, 4) is 0 Å². The molecule has 2 aromatic heterocycles. The Hall–Kier alpha value is -1.16. The molecule has 0 saturated heterocycles. The van der Waals surface area contributed by atoms with Gasteiger partial charge in [0.2, 0.25) is 0 Å². The molecule has 2 heterocycles. The van der Waals surface area contributed by atoms with Crippen molar-refractivity contribution in [2.45, 2.75) is 39.0 Å². The standard InChI is InChI=1S/C14H18N2OS/c1-10-3-2-4-11(7-10)13(17)8-12-9-16-5-6-18-14(16)15-12/h5-6,9-11H,2-4,7-8H2,1H3. The predicted octanol–water partition coefficient (Wildman–Crippen LogP) is 3.33. The highest BCUT2D eigenvalue weighted by Gasteiger charge is 2.25. The van der Waals surface area contributed by atoms with Gasteiger partial charge in [-0.05, 0) is 18.8 Å². The zero-order chi connectivity index (χ0) is 12.5. The highest BCUT2D eigenvalue weighted by Crippen LogP contribution is 2.29. The fraction of sp³-hybridized carbons (Fsp3) is 0.571. The Morgan fingerprint density at radius 3 is 3.22 bits per heavy atom. The normalized spacial score (nSPS) is 24.5. The summed E-state index contributed by atoms with van der Waals surface area (Å²) in [7, 11) is 0. The summed E-state index contributed by atoms with van der Waals surface area (Å²) in [6.45, 7) is 2.26. The second-order valence-electron chi connectivity index (χ2n) is 5.44. The van der Waals surface area contributed by atoms with E-state index in [0.29, 0.717) is 18.1 Å². The molecule has 2 atom stereocenters. The number of Topliss-reactive ketones (excluding diaryl/α,β-unsaturated/α-hetero) is 1. The van der Waals surface area contributed by atoms with E-state index in [1.165, 1.54) is 12.8 Å². The van der Waals surface area contributed by atoms with Crippen molar-refractivity contribution in [2.24, 2.45) is 11.8 Å². The molecule has 1 aliphatic rings. The van der Waals surface area contributed by atoms with Crippen LogP contribution in [0.4, 0.5) is 0 Å². The number of carbonyl (C=O) groups excluding carboxylic acids is 1. The fourth-order valence-electron chi connectivity index (χ4n) is 2.91. The Bertz CT molecular complexity index is 528. The van der Waals surface area contributed by atoms with Gasteiger partial charge in [-0.25, -0.2) is 4.98 Å². The quantitative estimate of drug-likeness (QED) is 0.850. The Kier molecular flexibility index (Phi) is 3.20. The Labute approximate surface area is 111 Å². The molecule has 18 heavy (non-hydrogen) atoms. The Morgan fingerprint density at radius 1 is 1.56 bits per heavy atom. The van der Waals surface area contributed by atoms with Crippen molar-refractivity contribution in [1.82, 2.24) is 9.38 Å². The number of carbonyl (C=O) groups is 1. The minimum absolute atomic E-state index is 0.272. The number of thiazole rings is 1. The van der Waals surface area contributed by atoms with Crippen molar-refractivity contribution in [3.05, 3.63) is 23.5 Å². The molecule has 0 N–H and O–H groups in total. The van der Waals surface area contributed by atoms with E-state index < -0.39 is 0 Å². The smallest absolute Gasteiger partial charge is 0.193 e. The van der Waals surface area contributed by atoms with Crippen LogP contribution in [0.15, 0.2) is 17.8 Å². The topological polar surface area (TPSA) is 34.4 Å². The lowest BCUT2D eigenvalue weighted by Gasteiger charge is -2.25. The van der Waals surface area contributed by atoms with Gasteiger partial charge in [-0.15, -0.1) is 11.3 Å². The molecule has 0 radical (unpaired) electrons. The molecule has 0 aliphatic heterocycles. The van der Waals surface area contributed by atoms with Crippen LogP contribution in [-0.2, 0) is 11.2 Å². The molecule has 0 amide bonds. The van der Waals surface area contributed by atoms with Crippen molar-refractivity contribution >= 4 is 22.1 Å². The molecule has 3 nitrogen and oxygen atoms in total. The van der Waals surface area contributed by atoms with Gasteiger partial charge in [0.05, 0.1) is 12.1 Å². The van der Waals surface area contributed by atoms with Crippen LogP contribution in [0.25, 0.3) is 4.96 Å². The van der Waals surface area contributed by atoms with E-state index in [4.69, 9.17) is 0 Å². The first kappa shape index (κ1) is 11.9. The molecule has 1 fully saturated rings. The third-order valence-electron chi connectivity index (χ3n) is 3.89. The van der Waals surface area contributed by atoms with Gasteiger partial charge >= 0.3 is 0 Å². The number of imidazole rings is 1. The second-order valence-corrected chi connectivity index (χ2v) is 6.31. The van der Waals surface area contributed by atoms with Gasteiger partial charge in [0, 0.05) is 23.7 Å². The third kappa shape index (κ3) is 2.34. The van der Waals surface area contributed by atoms with E-state index in [-0.39, 0.29) is 5.92 Å². The van der Waals surface area contributed by atoms with Crippen LogP contribution >= 0.6 is 11.3 Å². The molecule has 1 aliphatic carbocycles. The van der Waals surface area contributed by atoms with Gasteiger partial charge < -0.3 is 0 Å². The molecule has 0 spiro atoms. The predicted molar refractivity (Wildman–Crippen MR) is 72.9 cm³/mol.